The fourth-order valence-electron chi connectivity index (χ4n) is 2.34. The molecule has 0 saturated heterocycles. The quantitative estimate of drug-likeness (QED) is 0.661. The van der Waals surface area contributed by atoms with Gasteiger partial charge in [-0.05, 0) is 48.2 Å². The molecule has 5 heteroatoms. The highest BCUT2D eigenvalue weighted by molar-refractivity contribution is 7.17. The van der Waals surface area contributed by atoms with Crippen molar-refractivity contribution in [1.82, 2.24) is 10.3 Å². The Morgan fingerprint density at radius 1 is 1.33 bits per heavy atom. The second-order valence-corrected chi connectivity index (χ2v) is 7.74. The third kappa shape index (κ3) is 3.64. The zero-order chi connectivity index (χ0) is 14.7. The van der Waals surface area contributed by atoms with Crippen molar-refractivity contribution in [3.63, 3.8) is 0 Å². The molecule has 0 spiro atoms. The van der Waals surface area contributed by atoms with Crippen molar-refractivity contribution in [3.8, 4) is 0 Å². The smallest absolute Gasteiger partial charge is 0.0931 e. The summed E-state index contributed by atoms with van der Waals surface area (Å²) in [6, 6.07) is 8.70. The minimum absolute atomic E-state index is 0.290. The zero-order valence-corrected chi connectivity index (χ0v) is 14.2. The van der Waals surface area contributed by atoms with Crippen molar-refractivity contribution >= 4 is 44.5 Å². The monoisotopic (exact) mass is 336 g/mol. The molecule has 0 saturated carbocycles. The van der Waals surface area contributed by atoms with Gasteiger partial charge in [-0.25, -0.2) is 0 Å². The lowest BCUT2D eigenvalue weighted by Crippen LogP contribution is -2.23. The Hall–Kier alpha value is -0.940. The molecular weight excluding hydrogens is 320 g/mol. The number of nitrogens with one attached hydrogen (secondary N) is 1. The average molecular weight is 337 g/mol. The van der Waals surface area contributed by atoms with Crippen LogP contribution in [0.3, 0.4) is 0 Å². The summed E-state index contributed by atoms with van der Waals surface area (Å²) in [6.07, 6.45) is 4.07. The number of aromatic nitrogens is 1. The van der Waals surface area contributed by atoms with E-state index in [1.807, 2.05) is 12.3 Å². The van der Waals surface area contributed by atoms with Crippen molar-refractivity contribution in [3.05, 3.63) is 50.6 Å². The fourth-order valence-corrected chi connectivity index (χ4v) is 4.26. The van der Waals surface area contributed by atoms with Gasteiger partial charge in [0.1, 0.15) is 0 Å². The largest absolute Gasteiger partial charge is 0.310 e. The molecule has 0 fully saturated rings. The molecule has 1 unspecified atom stereocenters. The first-order valence-electron chi connectivity index (χ1n) is 7.07. The van der Waals surface area contributed by atoms with E-state index in [0.717, 1.165) is 29.2 Å². The number of hydrogen-bond acceptors (Lipinski definition) is 4. The first kappa shape index (κ1) is 15.0. The summed E-state index contributed by atoms with van der Waals surface area (Å²) < 4.78 is 2.10. The van der Waals surface area contributed by atoms with Crippen LogP contribution in [-0.4, -0.2) is 11.5 Å². The van der Waals surface area contributed by atoms with Gasteiger partial charge in [-0.2, -0.15) is 0 Å². The maximum atomic E-state index is 6.05. The summed E-state index contributed by atoms with van der Waals surface area (Å²) in [7, 11) is 0. The summed E-state index contributed by atoms with van der Waals surface area (Å²) in [6.45, 7) is 3.19. The van der Waals surface area contributed by atoms with Crippen molar-refractivity contribution in [1.29, 1.82) is 0 Å². The van der Waals surface area contributed by atoms with Crippen LogP contribution in [0, 0.1) is 0 Å². The Morgan fingerprint density at radius 3 is 3.00 bits per heavy atom. The standard InChI is InChI=1S/C16H17ClN2S2/c1-2-6-18-14(9-12-3-4-16(17)21-12)11-8-15-13(19-10-11)5-7-20-15/h3-5,7-8,10,14,18H,2,6,9H2,1H3. The number of rotatable bonds is 6. The highest BCUT2D eigenvalue weighted by atomic mass is 35.5. The predicted octanol–water partition coefficient (Wildman–Crippen LogP) is 5.29. The third-order valence-corrected chi connectivity index (χ3v) is 5.51. The van der Waals surface area contributed by atoms with Crippen molar-refractivity contribution in [2.45, 2.75) is 25.8 Å². The summed E-state index contributed by atoms with van der Waals surface area (Å²) in [5.74, 6) is 0. The highest BCUT2D eigenvalue weighted by Crippen LogP contribution is 2.28. The van der Waals surface area contributed by atoms with Gasteiger partial charge in [0.25, 0.3) is 0 Å². The van der Waals surface area contributed by atoms with Gasteiger partial charge in [0.2, 0.25) is 0 Å². The van der Waals surface area contributed by atoms with E-state index in [-0.39, 0.29) is 0 Å². The molecule has 0 bridgehead atoms. The molecule has 0 radical (unpaired) electrons. The van der Waals surface area contributed by atoms with E-state index in [1.165, 1.54) is 15.1 Å². The van der Waals surface area contributed by atoms with Gasteiger partial charge >= 0.3 is 0 Å². The Morgan fingerprint density at radius 2 is 2.24 bits per heavy atom. The molecular formula is C16H17ClN2S2. The Labute approximate surface area is 137 Å². The molecule has 3 aromatic rings. The van der Waals surface area contributed by atoms with E-state index in [4.69, 9.17) is 11.6 Å². The van der Waals surface area contributed by atoms with Crippen LogP contribution in [0.1, 0.15) is 29.8 Å². The Kier molecular flexibility index (Phi) is 4.91. The maximum absolute atomic E-state index is 6.05. The van der Waals surface area contributed by atoms with E-state index in [9.17, 15) is 0 Å². The summed E-state index contributed by atoms with van der Waals surface area (Å²) in [4.78, 5) is 5.87. The van der Waals surface area contributed by atoms with Crippen LogP contribution in [0.5, 0.6) is 0 Å². The summed E-state index contributed by atoms with van der Waals surface area (Å²) >= 11 is 9.45. The van der Waals surface area contributed by atoms with Crippen molar-refractivity contribution in [2.24, 2.45) is 0 Å². The number of hydrogen-bond donors (Lipinski definition) is 1. The van der Waals surface area contributed by atoms with Gasteiger partial charge < -0.3 is 5.32 Å². The van der Waals surface area contributed by atoms with Gasteiger partial charge in [-0.15, -0.1) is 22.7 Å². The van der Waals surface area contributed by atoms with Crippen LogP contribution in [0.25, 0.3) is 10.2 Å². The third-order valence-electron chi connectivity index (χ3n) is 3.40. The second kappa shape index (κ2) is 6.88. The first-order chi connectivity index (χ1) is 10.3. The molecule has 110 valence electrons. The summed E-state index contributed by atoms with van der Waals surface area (Å²) in [5, 5.41) is 5.72. The molecule has 3 aromatic heterocycles. The molecule has 0 aliphatic carbocycles. The van der Waals surface area contributed by atoms with Crippen LogP contribution in [-0.2, 0) is 6.42 Å². The van der Waals surface area contributed by atoms with E-state index in [1.54, 1.807) is 22.7 Å². The minimum Gasteiger partial charge on any atom is -0.310 e. The molecule has 1 N–H and O–H groups in total. The number of halogens is 1. The molecule has 0 aliphatic heterocycles. The van der Waals surface area contributed by atoms with E-state index in [0.29, 0.717) is 6.04 Å². The van der Waals surface area contributed by atoms with Gasteiger partial charge in [0.15, 0.2) is 0 Å². The normalized spacial score (nSPS) is 12.9. The molecule has 21 heavy (non-hydrogen) atoms. The fraction of sp³-hybridized carbons (Fsp3) is 0.312. The molecule has 2 nitrogen and oxygen atoms in total. The lowest BCUT2D eigenvalue weighted by atomic mass is 10.0. The minimum atomic E-state index is 0.290. The topological polar surface area (TPSA) is 24.9 Å². The summed E-state index contributed by atoms with van der Waals surface area (Å²) in [5.41, 5.74) is 2.33. The van der Waals surface area contributed by atoms with Crippen LogP contribution in [0.4, 0.5) is 0 Å². The number of thiophene rings is 2. The van der Waals surface area contributed by atoms with Gasteiger partial charge in [-0.3, -0.25) is 4.98 Å². The van der Waals surface area contributed by atoms with Gasteiger partial charge in [0, 0.05) is 23.5 Å². The lowest BCUT2D eigenvalue weighted by molar-refractivity contribution is 0.531. The second-order valence-electron chi connectivity index (χ2n) is 4.99. The number of nitrogens with zero attached hydrogens (tertiary/aromatic N) is 1. The maximum Gasteiger partial charge on any atom is 0.0931 e. The lowest BCUT2D eigenvalue weighted by Gasteiger charge is -2.18. The van der Waals surface area contributed by atoms with E-state index < -0.39 is 0 Å². The van der Waals surface area contributed by atoms with Crippen LogP contribution in [0.15, 0.2) is 35.8 Å². The van der Waals surface area contributed by atoms with E-state index in [2.05, 4.69) is 40.8 Å². The van der Waals surface area contributed by atoms with E-state index >= 15 is 0 Å². The van der Waals surface area contributed by atoms with Crippen LogP contribution >= 0.6 is 34.3 Å². The van der Waals surface area contributed by atoms with Crippen molar-refractivity contribution < 1.29 is 0 Å². The highest BCUT2D eigenvalue weighted by Gasteiger charge is 2.14. The van der Waals surface area contributed by atoms with Gasteiger partial charge in [0.05, 0.1) is 14.6 Å². The molecule has 1 atom stereocenters. The van der Waals surface area contributed by atoms with Crippen LogP contribution < -0.4 is 5.32 Å². The Balaban J connectivity index is 1.86. The van der Waals surface area contributed by atoms with Crippen molar-refractivity contribution in [2.75, 3.05) is 6.54 Å². The SMILES string of the molecule is CCCNC(Cc1ccc(Cl)s1)c1cnc2ccsc2c1. The molecule has 3 heterocycles. The Bertz CT molecular complexity index is 720. The number of pyridine rings is 1. The first-order valence-corrected chi connectivity index (χ1v) is 9.14. The van der Waals surface area contributed by atoms with Crippen LogP contribution in [0.2, 0.25) is 4.34 Å². The zero-order valence-electron chi connectivity index (χ0n) is 11.8. The van der Waals surface area contributed by atoms with Gasteiger partial charge in [-0.1, -0.05) is 18.5 Å². The number of fused-ring (bicyclic) bond motifs is 1. The molecule has 0 aliphatic rings. The molecule has 0 aromatic carbocycles. The predicted molar refractivity (Wildman–Crippen MR) is 93.7 cm³/mol. The average Bonchev–Trinajstić information content (AvgIpc) is 3.11. The molecule has 0 amide bonds. The molecule has 3 rings (SSSR count).